The molecule has 0 saturated carbocycles. The van der Waals surface area contributed by atoms with Crippen molar-refractivity contribution in [2.45, 2.75) is 26.7 Å². The number of allylic oxidation sites excluding steroid dienone is 6. The van der Waals surface area contributed by atoms with Gasteiger partial charge in [-0.1, -0.05) is 42.8 Å². The highest BCUT2D eigenvalue weighted by atomic mass is 16.2. The molecule has 126 valence electrons. The van der Waals surface area contributed by atoms with Gasteiger partial charge in [0.2, 0.25) is 0 Å². The Labute approximate surface area is 149 Å². The normalized spacial score (nSPS) is 24.4. The number of rotatable bonds is 4. The molecule has 2 radical (unpaired) electrons. The smallest absolute Gasteiger partial charge is 0.261 e. The molecular formula is C20H21BN2O2. The largest absolute Gasteiger partial charge is 0.285 e. The number of aliphatic imine (C=N–C) groups is 1. The summed E-state index contributed by atoms with van der Waals surface area (Å²) in [6, 6.07) is 0. The molecule has 0 saturated heterocycles. The average Bonchev–Trinajstić information content (AvgIpc) is 2.83. The minimum atomic E-state index is -0.178. The zero-order valence-corrected chi connectivity index (χ0v) is 14.7. The molecule has 0 fully saturated rings. The van der Waals surface area contributed by atoms with E-state index in [1.807, 2.05) is 44.2 Å². The number of carbonyl (C=O) groups is 2. The summed E-state index contributed by atoms with van der Waals surface area (Å²) in [6.45, 7) is 5.02. The van der Waals surface area contributed by atoms with Crippen LogP contribution in [0.3, 0.4) is 0 Å². The molecule has 2 amide bonds. The number of carbonyl (C=O) groups excluding carboxylic acids is 2. The third-order valence-electron chi connectivity index (χ3n) is 4.46. The van der Waals surface area contributed by atoms with Gasteiger partial charge in [-0.25, -0.2) is 0 Å². The minimum absolute atomic E-state index is 0.00541. The Bertz CT molecular complexity index is 797. The number of nitrogens with zero attached hydrogens (tertiary/aromatic N) is 2. The molecule has 3 rings (SSSR count). The fraction of sp³-hybridized carbons (Fsp3) is 0.350. The van der Waals surface area contributed by atoms with E-state index < -0.39 is 0 Å². The molecule has 3 aliphatic rings. The second-order valence-corrected chi connectivity index (χ2v) is 6.49. The van der Waals surface area contributed by atoms with Gasteiger partial charge in [0.05, 0.1) is 5.71 Å². The lowest BCUT2D eigenvalue weighted by Crippen LogP contribution is -2.35. The van der Waals surface area contributed by atoms with Gasteiger partial charge in [0, 0.05) is 24.2 Å². The predicted molar refractivity (Wildman–Crippen MR) is 100 cm³/mol. The van der Waals surface area contributed by atoms with E-state index in [9.17, 15) is 9.59 Å². The highest BCUT2D eigenvalue weighted by molar-refractivity contribution is 6.27. The van der Waals surface area contributed by atoms with E-state index in [0.717, 1.165) is 17.7 Å². The van der Waals surface area contributed by atoms with Crippen molar-refractivity contribution in [2.24, 2.45) is 10.9 Å². The highest BCUT2D eigenvalue weighted by Gasteiger charge is 2.37. The van der Waals surface area contributed by atoms with Gasteiger partial charge in [-0.2, -0.15) is 0 Å². The first-order valence-corrected chi connectivity index (χ1v) is 8.69. The third kappa shape index (κ3) is 3.50. The van der Waals surface area contributed by atoms with Crippen molar-refractivity contribution in [3.8, 4) is 0 Å². The molecule has 5 heteroatoms. The monoisotopic (exact) mass is 332 g/mol. The molecule has 0 aromatic rings. The molecule has 2 aliphatic carbocycles. The maximum absolute atomic E-state index is 12.5. The Morgan fingerprint density at radius 1 is 1.28 bits per heavy atom. The van der Waals surface area contributed by atoms with Crippen LogP contribution in [0.5, 0.6) is 0 Å². The maximum atomic E-state index is 12.5. The molecule has 0 aromatic carbocycles. The van der Waals surface area contributed by atoms with Gasteiger partial charge in [0.15, 0.2) is 0 Å². The first-order valence-electron chi connectivity index (χ1n) is 8.69. The van der Waals surface area contributed by atoms with Gasteiger partial charge in [-0.3, -0.25) is 19.5 Å². The zero-order chi connectivity index (χ0) is 18.0. The molecule has 1 aliphatic heterocycles. The third-order valence-corrected chi connectivity index (χ3v) is 4.46. The maximum Gasteiger partial charge on any atom is 0.261 e. The minimum Gasteiger partial charge on any atom is -0.285 e. The van der Waals surface area contributed by atoms with Crippen molar-refractivity contribution >= 4 is 25.4 Å². The lowest BCUT2D eigenvalue weighted by Gasteiger charge is -2.19. The van der Waals surface area contributed by atoms with Crippen molar-refractivity contribution in [1.82, 2.24) is 4.90 Å². The van der Waals surface area contributed by atoms with Crippen LogP contribution in [-0.4, -0.2) is 43.4 Å². The summed E-state index contributed by atoms with van der Waals surface area (Å²) < 4.78 is 0. The molecule has 0 bridgehead atoms. The first kappa shape index (κ1) is 17.4. The quantitative estimate of drug-likeness (QED) is 0.587. The fourth-order valence-electron chi connectivity index (χ4n) is 3.32. The van der Waals surface area contributed by atoms with Crippen LogP contribution in [0.15, 0.2) is 63.6 Å². The molecule has 4 nitrogen and oxygen atoms in total. The molecular weight excluding hydrogens is 311 g/mol. The Kier molecular flexibility index (Phi) is 5.02. The van der Waals surface area contributed by atoms with Crippen molar-refractivity contribution in [3.05, 3.63) is 58.6 Å². The van der Waals surface area contributed by atoms with Gasteiger partial charge < -0.3 is 0 Å². The van der Waals surface area contributed by atoms with E-state index in [1.54, 1.807) is 6.08 Å². The van der Waals surface area contributed by atoms with Crippen LogP contribution in [0.1, 0.15) is 26.7 Å². The van der Waals surface area contributed by atoms with E-state index in [1.165, 1.54) is 4.90 Å². The van der Waals surface area contributed by atoms with Gasteiger partial charge in [-0.15, -0.1) is 0 Å². The topological polar surface area (TPSA) is 49.7 Å². The summed E-state index contributed by atoms with van der Waals surface area (Å²) in [5.41, 5.74) is 3.71. The van der Waals surface area contributed by atoms with Crippen LogP contribution in [0.2, 0.25) is 0 Å². The number of hydrogen-bond donors (Lipinski definition) is 0. The van der Waals surface area contributed by atoms with Crippen molar-refractivity contribution < 1.29 is 9.59 Å². The second-order valence-electron chi connectivity index (χ2n) is 6.49. The van der Waals surface area contributed by atoms with Crippen LogP contribution in [0, 0.1) is 5.92 Å². The number of amides is 2. The zero-order valence-electron chi connectivity index (χ0n) is 14.7. The lowest BCUT2D eigenvalue weighted by atomic mass is 9.86. The van der Waals surface area contributed by atoms with Gasteiger partial charge in [0.1, 0.15) is 7.85 Å². The van der Waals surface area contributed by atoms with E-state index in [0.29, 0.717) is 36.1 Å². The number of imide groups is 1. The summed E-state index contributed by atoms with van der Waals surface area (Å²) in [6.07, 6.45) is 12.8. The predicted octanol–water partition coefficient (Wildman–Crippen LogP) is 2.65. The van der Waals surface area contributed by atoms with Crippen LogP contribution in [0.25, 0.3) is 0 Å². The molecule has 0 spiro atoms. The molecule has 1 heterocycles. The van der Waals surface area contributed by atoms with Crippen molar-refractivity contribution in [2.75, 3.05) is 13.1 Å². The molecule has 25 heavy (non-hydrogen) atoms. The van der Waals surface area contributed by atoms with E-state index >= 15 is 0 Å². The Hall–Kier alpha value is -2.43. The van der Waals surface area contributed by atoms with E-state index in [2.05, 4.69) is 4.99 Å². The standard InChI is InChI=1S/C20H21BN2O2/c1-3-22-18-9-8-15(21)11-14(18)10-13(2)12-23-19(24)16-6-4-5-7-17(16)20(23)25/h4,6,8-11,13H,3,5,7,12H2,1-2H3/b14-10-,22-18?. The lowest BCUT2D eigenvalue weighted by molar-refractivity contribution is -0.137. The summed E-state index contributed by atoms with van der Waals surface area (Å²) in [5, 5.41) is 0. The Morgan fingerprint density at radius 2 is 2.08 bits per heavy atom. The summed E-state index contributed by atoms with van der Waals surface area (Å²) in [7, 11) is 5.89. The summed E-state index contributed by atoms with van der Waals surface area (Å²) in [4.78, 5) is 30.9. The number of hydrogen-bond acceptors (Lipinski definition) is 3. The Morgan fingerprint density at radius 3 is 2.80 bits per heavy atom. The van der Waals surface area contributed by atoms with Gasteiger partial charge >= 0.3 is 0 Å². The van der Waals surface area contributed by atoms with E-state index in [-0.39, 0.29) is 17.7 Å². The van der Waals surface area contributed by atoms with Crippen LogP contribution in [0.4, 0.5) is 0 Å². The van der Waals surface area contributed by atoms with E-state index in [4.69, 9.17) is 7.85 Å². The van der Waals surface area contributed by atoms with Crippen LogP contribution in [-0.2, 0) is 9.59 Å². The van der Waals surface area contributed by atoms with Crippen LogP contribution < -0.4 is 0 Å². The SMILES string of the molecule is [B]C1=C/C(=C/C(C)CN2C(=O)C3=C(CCC=C3)C2=O)C(=NCC)C=C1. The Balaban J connectivity index is 1.77. The summed E-state index contributed by atoms with van der Waals surface area (Å²) >= 11 is 0. The first-order chi connectivity index (χ1) is 12.0. The molecule has 1 atom stereocenters. The van der Waals surface area contributed by atoms with Crippen LogP contribution >= 0.6 is 0 Å². The fourth-order valence-corrected chi connectivity index (χ4v) is 3.32. The van der Waals surface area contributed by atoms with Crippen molar-refractivity contribution in [3.63, 3.8) is 0 Å². The van der Waals surface area contributed by atoms with Gasteiger partial charge in [0.25, 0.3) is 11.8 Å². The highest BCUT2D eigenvalue weighted by Crippen LogP contribution is 2.29. The molecule has 0 N–H and O–H groups in total. The van der Waals surface area contributed by atoms with Crippen molar-refractivity contribution in [1.29, 1.82) is 0 Å². The molecule has 1 unspecified atom stereocenters. The second kappa shape index (κ2) is 7.22. The summed E-state index contributed by atoms with van der Waals surface area (Å²) in [5.74, 6) is -0.316. The average molecular weight is 332 g/mol. The molecule has 0 aromatic heterocycles. The van der Waals surface area contributed by atoms with Gasteiger partial charge in [-0.05, 0) is 37.3 Å².